The van der Waals surface area contributed by atoms with E-state index in [1.54, 1.807) is 30.2 Å². The lowest BCUT2D eigenvalue weighted by atomic mass is 10.1. The Morgan fingerprint density at radius 1 is 1.21 bits per heavy atom. The van der Waals surface area contributed by atoms with Crippen molar-refractivity contribution in [2.24, 2.45) is 5.92 Å². The van der Waals surface area contributed by atoms with Crippen LogP contribution in [0.1, 0.15) is 17.5 Å². The zero-order valence-electron chi connectivity index (χ0n) is 16.0. The molecule has 0 saturated carbocycles. The Kier molecular flexibility index (Phi) is 6.63. The van der Waals surface area contributed by atoms with E-state index in [9.17, 15) is 14.0 Å². The summed E-state index contributed by atoms with van der Waals surface area (Å²) >= 11 is 0. The molecule has 0 bridgehead atoms. The molecule has 6 heteroatoms. The number of nitrogens with one attached hydrogen (secondary N) is 1. The summed E-state index contributed by atoms with van der Waals surface area (Å²) in [7, 11) is 1.62. The highest BCUT2D eigenvalue weighted by molar-refractivity contribution is 5.89. The molecule has 2 aromatic rings. The van der Waals surface area contributed by atoms with Gasteiger partial charge in [-0.25, -0.2) is 4.39 Å². The van der Waals surface area contributed by atoms with Crippen LogP contribution in [0, 0.1) is 11.7 Å². The number of amides is 2. The molecule has 1 aliphatic rings. The largest absolute Gasteiger partial charge is 0.497 e. The van der Waals surface area contributed by atoms with Crippen LogP contribution >= 0.6 is 0 Å². The molecule has 0 spiro atoms. The summed E-state index contributed by atoms with van der Waals surface area (Å²) < 4.78 is 18.9. The van der Waals surface area contributed by atoms with Gasteiger partial charge in [-0.2, -0.15) is 0 Å². The van der Waals surface area contributed by atoms with Crippen molar-refractivity contribution in [3.63, 3.8) is 0 Å². The number of hydrogen-bond donors (Lipinski definition) is 1. The molecule has 2 aromatic carbocycles. The van der Waals surface area contributed by atoms with Crippen LogP contribution in [0.2, 0.25) is 0 Å². The van der Waals surface area contributed by atoms with Crippen molar-refractivity contribution >= 4 is 11.8 Å². The van der Waals surface area contributed by atoms with Gasteiger partial charge in [0.25, 0.3) is 0 Å². The molecule has 5 nitrogen and oxygen atoms in total. The molecule has 1 fully saturated rings. The summed E-state index contributed by atoms with van der Waals surface area (Å²) in [6, 6.07) is 14.3. The van der Waals surface area contributed by atoms with Crippen molar-refractivity contribution in [1.82, 2.24) is 10.2 Å². The zero-order valence-corrected chi connectivity index (χ0v) is 16.0. The Morgan fingerprint density at radius 2 is 2.04 bits per heavy atom. The fraction of sp³-hybridized carbons (Fsp3) is 0.364. The zero-order chi connectivity index (χ0) is 19.9. The summed E-state index contributed by atoms with van der Waals surface area (Å²) in [6.45, 7) is 1.32. The number of carbonyl (C=O) groups is 2. The highest BCUT2D eigenvalue weighted by Gasteiger charge is 2.33. The number of hydrogen-bond acceptors (Lipinski definition) is 3. The van der Waals surface area contributed by atoms with Crippen molar-refractivity contribution in [3.05, 3.63) is 65.5 Å². The molecule has 1 aliphatic heterocycles. The molecule has 2 amide bonds. The predicted octanol–water partition coefficient (Wildman–Crippen LogP) is 2.58. The van der Waals surface area contributed by atoms with E-state index in [4.69, 9.17) is 4.74 Å². The van der Waals surface area contributed by atoms with E-state index in [0.29, 0.717) is 38.0 Å². The molecule has 0 aromatic heterocycles. The van der Waals surface area contributed by atoms with E-state index in [2.05, 4.69) is 5.32 Å². The van der Waals surface area contributed by atoms with Gasteiger partial charge in [0.15, 0.2) is 0 Å². The molecule has 1 N–H and O–H groups in total. The van der Waals surface area contributed by atoms with Crippen LogP contribution in [0.4, 0.5) is 4.39 Å². The average Bonchev–Trinajstić information content (AvgIpc) is 3.08. The van der Waals surface area contributed by atoms with Gasteiger partial charge in [0, 0.05) is 26.1 Å². The Morgan fingerprint density at radius 3 is 2.82 bits per heavy atom. The SMILES string of the molecule is COc1cccc(CCNC(=O)C2CC(=O)N(CCc3ccccc3F)C2)c1. The van der Waals surface area contributed by atoms with Gasteiger partial charge < -0.3 is 15.0 Å². The van der Waals surface area contributed by atoms with Gasteiger partial charge in [-0.1, -0.05) is 30.3 Å². The van der Waals surface area contributed by atoms with Gasteiger partial charge in [-0.15, -0.1) is 0 Å². The highest BCUT2D eigenvalue weighted by Crippen LogP contribution is 2.19. The summed E-state index contributed by atoms with van der Waals surface area (Å²) in [4.78, 5) is 26.3. The van der Waals surface area contributed by atoms with Crippen LogP contribution < -0.4 is 10.1 Å². The van der Waals surface area contributed by atoms with Crippen LogP contribution in [-0.2, 0) is 22.4 Å². The van der Waals surface area contributed by atoms with Gasteiger partial charge in [0.1, 0.15) is 11.6 Å². The molecule has 28 heavy (non-hydrogen) atoms. The lowest BCUT2D eigenvalue weighted by Gasteiger charge is -2.17. The first kappa shape index (κ1) is 19.9. The number of nitrogens with zero attached hydrogens (tertiary/aromatic N) is 1. The standard InChI is InChI=1S/C22H25FN2O3/c1-28-19-7-4-5-16(13-19)9-11-24-22(27)18-14-21(26)25(15-18)12-10-17-6-2-3-8-20(17)23/h2-8,13,18H,9-12,14-15H2,1H3,(H,24,27). The smallest absolute Gasteiger partial charge is 0.225 e. The Hall–Kier alpha value is -2.89. The van der Waals surface area contributed by atoms with Crippen LogP contribution in [0.3, 0.4) is 0 Å². The third-order valence-corrected chi connectivity index (χ3v) is 5.04. The normalized spacial score (nSPS) is 16.3. The molecular weight excluding hydrogens is 359 g/mol. The molecule has 3 rings (SSSR count). The van der Waals surface area contributed by atoms with Gasteiger partial charge in [0.2, 0.25) is 11.8 Å². The topological polar surface area (TPSA) is 58.6 Å². The number of carbonyl (C=O) groups excluding carboxylic acids is 2. The van der Waals surface area contributed by atoms with Crippen molar-refractivity contribution in [3.8, 4) is 5.75 Å². The first-order chi connectivity index (χ1) is 13.6. The predicted molar refractivity (Wildman–Crippen MR) is 104 cm³/mol. The lowest BCUT2D eigenvalue weighted by Crippen LogP contribution is -2.34. The molecule has 1 atom stereocenters. The van der Waals surface area contributed by atoms with Gasteiger partial charge in [-0.3, -0.25) is 9.59 Å². The summed E-state index contributed by atoms with van der Waals surface area (Å²) in [6.07, 6.45) is 1.35. The second-order valence-electron chi connectivity index (χ2n) is 6.97. The Balaban J connectivity index is 1.44. The van der Waals surface area contributed by atoms with E-state index in [1.807, 2.05) is 24.3 Å². The van der Waals surface area contributed by atoms with E-state index < -0.39 is 0 Å². The van der Waals surface area contributed by atoms with Gasteiger partial charge in [0.05, 0.1) is 13.0 Å². The lowest BCUT2D eigenvalue weighted by molar-refractivity contribution is -0.129. The van der Waals surface area contributed by atoms with E-state index in [-0.39, 0.29) is 30.0 Å². The third-order valence-electron chi connectivity index (χ3n) is 5.04. The van der Waals surface area contributed by atoms with E-state index in [0.717, 1.165) is 11.3 Å². The molecule has 1 unspecified atom stereocenters. The van der Waals surface area contributed by atoms with Crippen LogP contribution in [0.25, 0.3) is 0 Å². The van der Waals surface area contributed by atoms with Gasteiger partial charge in [-0.05, 0) is 42.2 Å². The summed E-state index contributed by atoms with van der Waals surface area (Å²) in [5.74, 6) is 0.0176. The fourth-order valence-electron chi connectivity index (χ4n) is 3.42. The number of methoxy groups -OCH3 is 1. The van der Waals surface area contributed by atoms with Crippen molar-refractivity contribution < 1.29 is 18.7 Å². The first-order valence-electron chi connectivity index (χ1n) is 9.48. The number of likely N-dealkylation sites (tertiary alicyclic amines) is 1. The van der Waals surface area contributed by atoms with Crippen molar-refractivity contribution in [2.75, 3.05) is 26.7 Å². The van der Waals surface area contributed by atoms with Gasteiger partial charge >= 0.3 is 0 Å². The summed E-state index contributed by atoms with van der Waals surface area (Å²) in [5.41, 5.74) is 1.66. The second kappa shape index (κ2) is 9.35. The van der Waals surface area contributed by atoms with Crippen LogP contribution in [-0.4, -0.2) is 43.5 Å². The first-order valence-corrected chi connectivity index (χ1v) is 9.48. The molecule has 0 radical (unpaired) electrons. The molecule has 1 heterocycles. The molecule has 1 saturated heterocycles. The van der Waals surface area contributed by atoms with Crippen LogP contribution in [0.15, 0.2) is 48.5 Å². The summed E-state index contributed by atoms with van der Waals surface area (Å²) in [5, 5.41) is 2.92. The molecule has 0 aliphatic carbocycles. The maximum atomic E-state index is 13.7. The maximum absolute atomic E-state index is 13.7. The van der Waals surface area contributed by atoms with E-state index >= 15 is 0 Å². The Bertz CT molecular complexity index is 840. The van der Waals surface area contributed by atoms with Crippen LogP contribution in [0.5, 0.6) is 5.75 Å². The second-order valence-corrected chi connectivity index (χ2v) is 6.97. The minimum atomic E-state index is -0.349. The minimum absolute atomic E-state index is 0.0516. The molecule has 148 valence electrons. The minimum Gasteiger partial charge on any atom is -0.497 e. The third kappa shape index (κ3) is 5.09. The number of benzene rings is 2. The van der Waals surface area contributed by atoms with Crippen molar-refractivity contribution in [2.45, 2.75) is 19.3 Å². The number of rotatable bonds is 8. The number of ether oxygens (including phenoxy) is 1. The monoisotopic (exact) mass is 384 g/mol. The quantitative estimate of drug-likeness (QED) is 0.761. The van der Waals surface area contributed by atoms with E-state index in [1.165, 1.54) is 6.07 Å². The van der Waals surface area contributed by atoms with Crippen molar-refractivity contribution in [1.29, 1.82) is 0 Å². The number of halogens is 1. The average molecular weight is 384 g/mol. The fourth-order valence-corrected chi connectivity index (χ4v) is 3.42. The molecular formula is C22H25FN2O3. The Labute approximate surface area is 164 Å². The maximum Gasteiger partial charge on any atom is 0.225 e. The highest BCUT2D eigenvalue weighted by atomic mass is 19.1.